The summed E-state index contributed by atoms with van der Waals surface area (Å²) in [6, 6.07) is 0. The van der Waals surface area contributed by atoms with Gasteiger partial charge in [-0.1, -0.05) is 0 Å². The van der Waals surface area contributed by atoms with Gasteiger partial charge in [-0.05, 0) is 0 Å². The average Bonchev–Trinajstić information content (AvgIpc) is 2.50. The van der Waals surface area contributed by atoms with Crippen molar-refractivity contribution >= 4 is 17.7 Å². The Morgan fingerprint density at radius 2 is 1.90 bits per heavy atom. The normalized spacial score (nSPS) is 32.9. The minimum Gasteiger partial charge on any atom is -0.469 e. The molecule has 0 aromatic heterocycles. The first-order valence-corrected chi connectivity index (χ1v) is 7.73. The highest BCUT2D eigenvalue weighted by Gasteiger charge is 2.43. The maximum Gasteiger partial charge on any atom is 0.306 e. The number of methoxy groups -OCH3 is 1. The fourth-order valence-electron chi connectivity index (χ4n) is 1.79. The zero-order valence-electron chi connectivity index (χ0n) is 11.8. The van der Waals surface area contributed by atoms with Crippen LogP contribution >= 0.6 is 11.8 Å². The molecule has 0 aromatic carbocycles. The van der Waals surface area contributed by atoms with E-state index in [-0.39, 0.29) is 12.6 Å². The fourth-order valence-corrected chi connectivity index (χ4v) is 2.52. The summed E-state index contributed by atoms with van der Waals surface area (Å²) < 4.78 is 15.0. The number of aliphatic hydroxyl groups is 4. The molecule has 0 bridgehead atoms. The molecule has 1 saturated heterocycles. The molecule has 0 unspecified atom stereocenters. The first-order chi connectivity index (χ1) is 10.0. The summed E-state index contributed by atoms with van der Waals surface area (Å²) in [4.78, 5) is 10.9. The topological polar surface area (TPSA) is 126 Å². The van der Waals surface area contributed by atoms with E-state index in [1.807, 2.05) is 0 Å². The van der Waals surface area contributed by atoms with Crippen LogP contribution in [0.15, 0.2) is 0 Å². The Hall–Kier alpha value is -0.420. The summed E-state index contributed by atoms with van der Waals surface area (Å²) >= 11 is 1.47. The van der Waals surface area contributed by atoms with Crippen LogP contribution < -0.4 is 0 Å². The lowest BCUT2D eigenvalue weighted by Crippen LogP contribution is -2.59. The van der Waals surface area contributed by atoms with E-state index in [1.54, 1.807) is 0 Å². The molecule has 0 spiro atoms. The van der Waals surface area contributed by atoms with E-state index in [1.165, 1.54) is 18.9 Å². The summed E-state index contributed by atoms with van der Waals surface area (Å²) in [5, 5.41) is 37.9. The van der Waals surface area contributed by atoms with E-state index in [9.17, 15) is 20.1 Å². The molecular formula is C12H22O8S. The maximum absolute atomic E-state index is 10.9. The lowest BCUT2D eigenvalue weighted by Gasteiger charge is -2.39. The number of hydrogen-bond acceptors (Lipinski definition) is 9. The van der Waals surface area contributed by atoms with E-state index in [0.29, 0.717) is 17.9 Å². The minimum absolute atomic E-state index is 0.231. The molecule has 1 aliphatic rings. The van der Waals surface area contributed by atoms with Gasteiger partial charge in [-0.3, -0.25) is 4.79 Å². The summed E-state index contributed by atoms with van der Waals surface area (Å²) in [5.74, 6) is 0.869. The third-order valence-corrected chi connectivity index (χ3v) is 3.98. The van der Waals surface area contributed by atoms with Crippen LogP contribution in [-0.4, -0.2) is 88.9 Å². The number of esters is 1. The number of carbonyl (C=O) groups excluding carboxylic acids is 1. The predicted molar refractivity (Wildman–Crippen MR) is 73.7 cm³/mol. The molecule has 0 aliphatic carbocycles. The Morgan fingerprint density at radius 1 is 1.19 bits per heavy atom. The standard InChI is InChI=1S/C12H22O8S/c1-18-8(14)2-4-21-5-3-19-12-11(17)10(16)9(15)7(6-13)20-12/h7,9-13,15-17H,2-6H2,1H3/t7-,9-,10+,11-,12+/m1/s1. The summed E-state index contributed by atoms with van der Waals surface area (Å²) in [5.41, 5.74) is 0. The van der Waals surface area contributed by atoms with Crippen molar-refractivity contribution in [1.29, 1.82) is 0 Å². The Bertz CT molecular complexity index is 314. The summed E-state index contributed by atoms with van der Waals surface area (Å²) in [7, 11) is 1.33. The Labute approximate surface area is 127 Å². The molecule has 124 valence electrons. The van der Waals surface area contributed by atoms with Crippen LogP contribution in [0.2, 0.25) is 0 Å². The summed E-state index contributed by atoms with van der Waals surface area (Å²) in [6.45, 7) is -0.257. The molecule has 0 amide bonds. The molecule has 21 heavy (non-hydrogen) atoms. The second-order valence-corrected chi connectivity index (χ2v) is 5.73. The molecule has 1 rings (SSSR count). The minimum atomic E-state index is -1.44. The lowest BCUT2D eigenvalue weighted by atomic mass is 9.99. The third kappa shape index (κ3) is 5.70. The van der Waals surface area contributed by atoms with Crippen molar-refractivity contribution in [1.82, 2.24) is 0 Å². The van der Waals surface area contributed by atoms with E-state index >= 15 is 0 Å². The van der Waals surface area contributed by atoms with Gasteiger partial charge in [0.05, 0.1) is 26.7 Å². The van der Waals surface area contributed by atoms with Crippen LogP contribution in [0.1, 0.15) is 6.42 Å². The smallest absolute Gasteiger partial charge is 0.306 e. The Kier molecular flexibility index (Phi) is 8.49. The van der Waals surface area contributed by atoms with Crippen molar-refractivity contribution in [2.24, 2.45) is 0 Å². The van der Waals surface area contributed by atoms with Gasteiger partial charge in [0.1, 0.15) is 24.4 Å². The van der Waals surface area contributed by atoms with E-state index in [0.717, 1.165) is 0 Å². The molecule has 1 fully saturated rings. The quantitative estimate of drug-likeness (QED) is 0.299. The molecular weight excluding hydrogens is 304 g/mol. The molecule has 0 radical (unpaired) electrons. The van der Waals surface area contributed by atoms with Gasteiger partial charge < -0.3 is 34.6 Å². The molecule has 1 aliphatic heterocycles. The van der Waals surface area contributed by atoms with Gasteiger partial charge in [0.15, 0.2) is 6.29 Å². The molecule has 8 nitrogen and oxygen atoms in total. The van der Waals surface area contributed by atoms with Crippen molar-refractivity contribution in [2.75, 3.05) is 31.8 Å². The van der Waals surface area contributed by atoms with Crippen LogP contribution in [0.3, 0.4) is 0 Å². The fraction of sp³-hybridized carbons (Fsp3) is 0.917. The number of thioether (sulfide) groups is 1. The maximum atomic E-state index is 10.9. The molecule has 4 N–H and O–H groups in total. The second kappa shape index (κ2) is 9.57. The van der Waals surface area contributed by atoms with Crippen LogP contribution in [-0.2, 0) is 19.0 Å². The number of hydrogen-bond donors (Lipinski definition) is 4. The Balaban J connectivity index is 2.23. The van der Waals surface area contributed by atoms with E-state index < -0.39 is 37.3 Å². The first-order valence-electron chi connectivity index (χ1n) is 6.58. The van der Waals surface area contributed by atoms with Crippen LogP contribution in [0, 0.1) is 0 Å². The van der Waals surface area contributed by atoms with Gasteiger partial charge >= 0.3 is 5.97 Å². The molecule has 0 aromatic rings. The number of aliphatic hydroxyl groups excluding tert-OH is 4. The third-order valence-electron chi connectivity index (χ3n) is 3.04. The van der Waals surface area contributed by atoms with Crippen molar-refractivity contribution in [2.45, 2.75) is 37.1 Å². The molecule has 1 heterocycles. The second-order valence-electron chi connectivity index (χ2n) is 4.51. The van der Waals surface area contributed by atoms with Crippen LogP contribution in [0.4, 0.5) is 0 Å². The van der Waals surface area contributed by atoms with Crippen molar-refractivity contribution < 1.29 is 39.4 Å². The number of rotatable bonds is 8. The highest BCUT2D eigenvalue weighted by atomic mass is 32.2. The molecule has 5 atom stereocenters. The molecule has 0 saturated carbocycles. The highest BCUT2D eigenvalue weighted by Crippen LogP contribution is 2.22. The van der Waals surface area contributed by atoms with Gasteiger partial charge in [-0.25, -0.2) is 0 Å². The van der Waals surface area contributed by atoms with Gasteiger partial charge in [0, 0.05) is 11.5 Å². The number of ether oxygens (including phenoxy) is 3. The molecule has 9 heteroatoms. The van der Waals surface area contributed by atoms with Gasteiger partial charge in [0.2, 0.25) is 0 Å². The van der Waals surface area contributed by atoms with Crippen molar-refractivity contribution in [3.05, 3.63) is 0 Å². The highest BCUT2D eigenvalue weighted by molar-refractivity contribution is 7.99. The van der Waals surface area contributed by atoms with Crippen molar-refractivity contribution in [3.63, 3.8) is 0 Å². The van der Waals surface area contributed by atoms with E-state index in [2.05, 4.69) is 4.74 Å². The van der Waals surface area contributed by atoms with Gasteiger partial charge in [0.25, 0.3) is 0 Å². The monoisotopic (exact) mass is 326 g/mol. The van der Waals surface area contributed by atoms with E-state index in [4.69, 9.17) is 14.6 Å². The summed E-state index contributed by atoms with van der Waals surface area (Å²) in [6.07, 6.45) is -5.99. The Morgan fingerprint density at radius 3 is 2.52 bits per heavy atom. The van der Waals surface area contributed by atoms with Crippen LogP contribution in [0.5, 0.6) is 0 Å². The zero-order valence-corrected chi connectivity index (χ0v) is 12.6. The van der Waals surface area contributed by atoms with Crippen LogP contribution in [0.25, 0.3) is 0 Å². The lowest BCUT2D eigenvalue weighted by molar-refractivity contribution is -0.299. The number of carbonyl (C=O) groups is 1. The van der Waals surface area contributed by atoms with Gasteiger partial charge in [-0.2, -0.15) is 11.8 Å². The first kappa shape index (κ1) is 18.6. The van der Waals surface area contributed by atoms with Crippen molar-refractivity contribution in [3.8, 4) is 0 Å². The predicted octanol–water partition coefficient (Wildman–Crippen LogP) is -1.90. The zero-order chi connectivity index (χ0) is 15.8. The largest absolute Gasteiger partial charge is 0.469 e. The SMILES string of the molecule is COC(=O)CCSCCO[C@H]1O[C@H](CO)[C@@H](O)[C@H](O)[C@H]1O. The average molecular weight is 326 g/mol. The van der Waals surface area contributed by atoms with Gasteiger partial charge in [-0.15, -0.1) is 0 Å².